The fourth-order valence-electron chi connectivity index (χ4n) is 3.36. The Morgan fingerprint density at radius 2 is 2.00 bits per heavy atom. The van der Waals surface area contributed by atoms with Crippen LogP contribution in [0.15, 0.2) is 35.4 Å². The van der Waals surface area contributed by atoms with Gasteiger partial charge in [-0.3, -0.25) is 9.59 Å². The van der Waals surface area contributed by atoms with Gasteiger partial charge in [0.1, 0.15) is 12.0 Å². The predicted molar refractivity (Wildman–Crippen MR) is 103 cm³/mol. The van der Waals surface area contributed by atoms with Crippen molar-refractivity contribution in [2.24, 2.45) is 11.8 Å². The van der Waals surface area contributed by atoms with Gasteiger partial charge in [0.2, 0.25) is 0 Å². The van der Waals surface area contributed by atoms with Crippen molar-refractivity contribution in [3.8, 4) is 0 Å². The first kappa shape index (κ1) is 21.6. The van der Waals surface area contributed by atoms with Crippen LogP contribution in [0.4, 0.5) is 0 Å². The molecule has 6 heteroatoms. The summed E-state index contributed by atoms with van der Waals surface area (Å²) in [6.45, 7) is 4.44. The summed E-state index contributed by atoms with van der Waals surface area (Å²) in [5, 5.41) is 20.5. The Hall–Kier alpha value is -1.69. The molecule has 1 heterocycles. The minimum atomic E-state index is -2.12. The first-order chi connectivity index (χ1) is 12.7. The van der Waals surface area contributed by atoms with Gasteiger partial charge in [0, 0.05) is 11.5 Å². The molecule has 0 radical (unpaired) electrons. The van der Waals surface area contributed by atoms with Gasteiger partial charge in [-0.2, -0.15) is 0 Å². The number of Topliss-reactive ketones (excluding diaryl/α,β-unsaturated/α-hetero) is 1. The van der Waals surface area contributed by atoms with Crippen molar-refractivity contribution in [3.63, 3.8) is 0 Å². The molecule has 2 bridgehead atoms. The highest BCUT2D eigenvalue weighted by atomic mass is 35.5. The monoisotopic (exact) mass is 394 g/mol. The SMILES string of the molecule is CC[C@@H]1OC(=O)[C@H](C)C(=O)[C@@](O)(CO)C/C(Cl)=C/[C@@H](C)Cc2cccc1c2. The van der Waals surface area contributed by atoms with Crippen LogP contribution in [0, 0.1) is 11.8 Å². The zero-order valence-electron chi connectivity index (χ0n) is 15.9. The number of fused-ring (bicyclic) bond motifs is 2. The number of hydrogen-bond acceptors (Lipinski definition) is 5. The first-order valence-electron chi connectivity index (χ1n) is 9.23. The molecule has 148 valence electrons. The van der Waals surface area contributed by atoms with Crippen molar-refractivity contribution >= 4 is 23.4 Å². The molecule has 0 spiro atoms. The number of rotatable bonds is 2. The van der Waals surface area contributed by atoms with Crippen LogP contribution >= 0.6 is 11.6 Å². The van der Waals surface area contributed by atoms with Crippen molar-refractivity contribution in [3.05, 3.63) is 46.5 Å². The number of allylic oxidation sites excluding steroid dienone is 1. The molecular formula is C21H27ClO5. The maximum atomic E-state index is 12.7. The van der Waals surface area contributed by atoms with Crippen LogP contribution in [0.25, 0.3) is 0 Å². The second-order valence-corrected chi connectivity index (χ2v) is 7.81. The molecule has 0 aromatic heterocycles. The third-order valence-corrected chi connectivity index (χ3v) is 5.16. The zero-order chi connectivity index (χ0) is 20.2. The standard InChI is InChI=1S/C21H27ClO5/c1-4-18-16-7-5-6-15(10-16)8-13(2)9-17(22)11-21(26,12-23)19(24)14(3)20(25)27-18/h5-7,9-10,13-14,18,23,26H,4,8,11-12H2,1-3H3/b17-9-/t13-,14+,18-,21-/m0/s1. The van der Waals surface area contributed by atoms with Crippen LogP contribution in [-0.2, 0) is 20.7 Å². The van der Waals surface area contributed by atoms with Gasteiger partial charge >= 0.3 is 5.97 Å². The fourth-order valence-corrected chi connectivity index (χ4v) is 3.79. The van der Waals surface area contributed by atoms with Crippen LogP contribution in [-0.4, -0.2) is 34.2 Å². The number of ketones is 1. The van der Waals surface area contributed by atoms with E-state index in [4.69, 9.17) is 16.3 Å². The molecule has 1 aliphatic heterocycles. The third kappa shape index (κ3) is 5.18. The maximum absolute atomic E-state index is 12.7. The van der Waals surface area contributed by atoms with Crippen molar-refractivity contribution in [1.29, 1.82) is 0 Å². The van der Waals surface area contributed by atoms with Crippen LogP contribution < -0.4 is 0 Å². The van der Waals surface area contributed by atoms with Crippen LogP contribution in [0.2, 0.25) is 0 Å². The number of ether oxygens (including phenoxy) is 1. The van der Waals surface area contributed by atoms with Gasteiger partial charge in [0.25, 0.3) is 0 Å². The summed E-state index contributed by atoms with van der Waals surface area (Å²) in [5.74, 6) is -2.68. The van der Waals surface area contributed by atoms with E-state index in [2.05, 4.69) is 0 Å². The van der Waals surface area contributed by atoms with E-state index in [0.29, 0.717) is 12.8 Å². The van der Waals surface area contributed by atoms with Gasteiger partial charge in [0.05, 0.1) is 6.61 Å². The average Bonchev–Trinajstić information content (AvgIpc) is 2.63. The van der Waals surface area contributed by atoms with Crippen molar-refractivity contribution in [1.82, 2.24) is 0 Å². The molecule has 0 saturated heterocycles. The molecule has 1 aromatic carbocycles. The molecule has 0 unspecified atom stereocenters. The van der Waals surface area contributed by atoms with E-state index in [9.17, 15) is 19.8 Å². The van der Waals surface area contributed by atoms with Crippen LogP contribution in [0.5, 0.6) is 0 Å². The molecule has 1 aromatic rings. The molecule has 2 N–H and O–H groups in total. The lowest BCUT2D eigenvalue weighted by Crippen LogP contribution is -2.47. The maximum Gasteiger partial charge on any atom is 0.316 e. The largest absolute Gasteiger partial charge is 0.457 e. The van der Waals surface area contributed by atoms with E-state index in [1.54, 1.807) is 6.08 Å². The smallest absolute Gasteiger partial charge is 0.316 e. The van der Waals surface area contributed by atoms with Crippen molar-refractivity contribution < 1.29 is 24.5 Å². The molecular weight excluding hydrogens is 368 g/mol. The number of benzene rings is 1. The molecule has 4 atom stereocenters. The number of hydrogen-bond donors (Lipinski definition) is 2. The van der Waals surface area contributed by atoms with E-state index in [1.807, 2.05) is 38.1 Å². The van der Waals surface area contributed by atoms with Gasteiger partial charge in [-0.1, -0.05) is 55.8 Å². The van der Waals surface area contributed by atoms with Gasteiger partial charge in [0.15, 0.2) is 11.4 Å². The Bertz CT molecular complexity index is 729. The summed E-state index contributed by atoms with van der Waals surface area (Å²) < 4.78 is 5.56. The minimum absolute atomic E-state index is 0.0637. The van der Waals surface area contributed by atoms with E-state index in [1.165, 1.54) is 6.92 Å². The minimum Gasteiger partial charge on any atom is -0.457 e. The molecule has 0 fully saturated rings. The summed E-state index contributed by atoms with van der Waals surface area (Å²) in [6.07, 6.45) is 2.31. The Labute approximate surface area is 165 Å². The molecule has 27 heavy (non-hydrogen) atoms. The third-order valence-electron chi connectivity index (χ3n) is 4.90. The number of halogens is 1. The molecule has 0 amide bonds. The fraction of sp³-hybridized carbons (Fsp3) is 0.524. The lowest BCUT2D eigenvalue weighted by atomic mass is 9.86. The van der Waals surface area contributed by atoms with Gasteiger partial charge < -0.3 is 14.9 Å². The summed E-state index contributed by atoms with van der Waals surface area (Å²) in [5.41, 5.74) is -0.181. The van der Waals surface area contributed by atoms with E-state index >= 15 is 0 Å². The zero-order valence-corrected chi connectivity index (χ0v) is 16.7. The quantitative estimate of drug-likeness (QED) is 0.593. The summed E-state index contributed by atoms with van der Waals surface area (Å²) in [4.78, 5) is 25.2. The normalized spacial score (nSPS) is 32.2. The Morgan fingerprint density at radius 1 is 1.30 bits per heavy atom. The molecule has 0 saturated carbocycles. The van der Waals surface area contributed by atoms with Crippen LogP contribution in [0.1, 0.15) is 50.8 Å². The second-order valence-electron chi connectivity index (χ2n) is 7.33. The topological polar surface area (TPSA) is 83.8 Å². The Morgan fingerprint density at radius 3 is 2.63 bits per heavy atom. The van der Waals surface area contributed by atoms with Gasteiger partial charge in [-0.25, -0.2) is 0 Å². The molecule has 2 rings (SSSR count). The lowest BCUT2D eigenvalue weighted by molar-refractivity contribution is -0.163. The van der Waals surface area contributed by atoms with Gasteiger partial charge in [-0.05, 0) is 36.8 Å². The first-order valence-corrected chi connectivity index (χ1v) is 9.61. The number of aliphatic hydroxyl groups excluding tert-OH is 1. The van der Waals surface area contributed by atoms with E-state index < -0.39 is 36.0 Å². The van der Waals surface area contributed by atoms with Crippen molar-refractivity contribution in [2.75, 3.05) is 6.61 Å². The summed E-state index contributed by atoms with van der Waals surface area (Å²) in [6, 6.07) is 7.81. The van der Waals surface area contributed by atoms with E-state index in [-0.39, 0.29) is 17.4 Å². The highest BCUT2D eigenvalue weighted by Crippen LogP contribution is 2.29. The predicted octanol–water partition coefficient (Wildman–Crippen LogP) is 3.31. The number of esters is 1. The highest BCUT2D eigenvalue weighted by molar-refractivity contribution is 6.29. The number of carbonyl (C=O) groups excluding carboxylic acids is 2. The molecule has 5 nitrogen and oxygen atoms in total. The molecule has 0 aliphatic carbocycles. The van der Waals surface area contributed by atoms with Crippen LogP contribution in [0.3, 0.4) is 0 Å². The van der Waals surface area contributed by atoms with Gasteiger partial charge in [-0.15, -0.1) is 0 Å². The Balaban J connectivity index is 2.48. The summed E-state index contributed by atoms with van der Waals surface area (Å²) >= 11 is 6.25. The number of aliphatic hydroxyl groups is 2. The Kier molecular flexibility index (Phi) is 7.20. The lowest BCUT2D eigenvalue weighted by Gasteiger charge is -2.28. The average molecular weight is 395 g/mol. The number of cyclic esters (lactones) is 1. The van der Waals surface area contributed by atoms with Crippen molar-refractivity contribution in [2.45, 2.75) is 51.7 Å². The molecule has 1 aliphatic rings. The van der Waals surface area contributed by atoms with E-state index in [0.717, 1.165) is 11.1 Å². The number of carbonyl (C=O) groups is 2. The summed E-state index contributed by atoms with van der Waals surface area (Å²) in [7, 11) is 0. The second kappa shape index (κ2) is 9.00. The highest BCUT2D eigenvalue weighted by Gasteiger charge is 2.42.